The van der Waals surface area contributed by atoms with E-state index in [1.807, 2.05) is 0 Å². The zero-order valence-electron chi connectivity index (χ0n) is 5.69. The summed E-state index contributed by atoms with van der Waals surface area (Å²) in [7, 11) is 0. The fraction of sp³-hybridized carbons (Fsp3) is 1.00. The van der Waals surface area contributed by atoms with Crippen molar-refractivity contribution < 1.29 is 8.78 Å². The molecular formula is C7H11BrF2. The Morgan fingerprint density at radius 1 is 1.20 bits per heavy atom. The first kappa shape index (κ1) is 8.44. The SMILES string of the molecule is FC(F)[C@H]1CCCC[C@@H]1Br. The summed E-state index contributed by atoms with van der Waals surface area (Å²) in [4.78, 5) is 0.0567. The van der Waals surface area contributed by atoms with E-state index >= 15 is 0 Å². The summed E-state index contributed by atoms with van der Waals surface area (Å²) < 4.78 is 24.3. The monoisotopic (exact) mass is 212 g/mol. The van der Waals surface area contributed by atoms with E-state index in [0.717, 1.165) is 19.3 Å². The molecular weight excluding hydrogens is 202 g/mol. The Labute approximate surface area is 68.1 Å². The van der Waals surface area contributed by atoms with Crippen molar-refractivity contribution in [3.8, 4) is 0 Å². The topological polar surface area (TPSA) is 0 Å². The molecule has 1 aliphatic carbocycles. The number of alkyl halides is 3. The quantitative estimate of drug-likeness (QED) is 0.586. The van der Waals surface area contributed by atoms with Crippen LogP contribution in [0.2, 0.25) is 0 Å². The second-order valence-electron chi connectivity index (χ2n) is 2.80. The first-order chi connectivity index (χ1) is 4.72. The highest BCUT2D eigenvalue weighted by molar-refractivity contribution is 9.09. The largest absolute Gasteiger partial charge is 0.242 e. The summed E-state index contributed by atoms with van der Waals surface area (Å²) in [6.45, 7) is 0. The predicted octanol–water partition coefficient (Wildman–Crippen LogP) is 3.21. The van der Waals surface area contributed by atoms with Gasteiger partial charge in [0.15, 0.2) is 0 Å². The van der Waals surface area contributed by atoms with Crippen LogP contribution in [0.15, 0.2) is 0 Å². The van der Waals surface area contributed by atoms with Crippen LogP contribution in [0, 0.1) is 5.92 Å². The third kappa shape index (κ3) is 1.91. The van der Waals surface area contributed by atoms with Gasteiger partial charge in [0.2, 0.25) is 6.43 Å². The number of hydrogen-bond donors (Lipinski definition) is 0. The maximum atomic E-state index is 12.1. The molecule has 0 N–H and O–H groups in total. The molecule has 0 bridgehead atoms. The van der Waals surface area contributed by atoms with E-state index in [1.54, 1.807) is 0 Å². The molecule has 2 atom stereocenters. The Morgan fingerprint density at radius 3 is 2.20 bits per heavy atom. The molecule has 0 spiro atoms. The van der Waals surface area contributed by atoms with Crippen LogP contribution in [0.4, 0.5) is 8.78 Å². The zero-order valence-corrected chi connectivity index (χ0v) is 7.28. The third-order valence-corrected chi connectivity index (χ3v) is 3.19. The van der Waals surface area contributed by atoms with Crippen LogP contribution in [-0.4, -0.2) is 11.3 Å². The van der Waals surface area contributed by atoms with Crippen LogP contribution >= 0.6 is 15.9 Å². The van der Waals surface area contributed by atoms with Gasteiger partial charge in [-0.3, -0.25) is 0 Å². The van der Waals surface area contributed by atoms with Gasteiger partial charge in [0, 0.05) is 10.7 Å². The first-order valence-corrected chi connectivity index (χ1v) is 4.55. The van der Waals surface area contributed by atoms with Crippen LogP contribution in [-0.2, 0) is 0 Å². The van der Waals surface area contributed by atoms with Gasteiger partial charge >= 0.3 is 0 Å². The molecule has 1 rings (SSSR count). The summed E-state index contributed by atoms with van der Waals surface area (Å²) in [5, 5.41) is 0. The van der Waals surface area contributed by atoms with Crippen LogP contribution < -0.4 is 0 Å². The van der Waals surface area contributed by atoms with Gasteiger partial charge in [-0.15, -0.1) is 0 Å². The lowest BCUT2D eigenvalue weighted by Gasteiger charge is -2.26. The average Bonchev–Trinajstić information content (AvgIpc) is 1.88. The van der Waals surface area contributed by atoms with E-state index in [4.69, 9.17) is 0 Å². The van der Waals surface area contributed by atoms with Crippen molar-refractivity contribution in [3.63, 3.8) is 0 Å². The Morgan fingerprint density at radius 2 is 1.80 bits per heavy atom. The maximum absolute atomic E-state index is 12.1. The molecule has 60 valence electrons. The molecule has 0 saturated heterocycles. The summed E-state index contributed by atoms with van der Waals surface area (Å²) in [5.41, 5.74) is 0. The fourth-order valence-electron chi connectivity index (χ4n) is 1.40. The molecule has 1 saturated carbocycles. The molecule has 1 fully saturated rings. The van der Waals surface area contributed by atoms with Crippen LogP contribution in [0.25, 0.3) is 0 Å². The lowest BCUT2D eigenvalue weighted by atomic mass is 9.89. The highest BCUT2D eigenvalue weighted by Crippen LogP contribution is 2.33. The molecule has 0 aromatic heterocycles. The molecule has 0 heterocycles. The molecule has 0 aliphatic heterocycles. The lowest BCUT2D eigenvalue weighted by molar-refractivity contribution is 0.0612. The highest BCUT2D eigenvalue weighted by atomic mass is 79.9. The van der Waals surface area contributed by atoms with Gasteiger partial charge in [-0.1, -0.05) is 28.8 Å². The predicted molar refractivity (Wildman–Crippen MR) is 40.7 cm³/mol. The van der Waals surface area contributed by atoms with E-state index in [2.05, 4.69) is 15.9 Å². The Bertz CT molecular complexity index is 106. The van der Waals surface area contributed by atoms with Crippen LogP contribution in [0.1, 0.15) is 25.7 Å². The first-order valence-electron chi connectivity index (χ1n) is 3.64. The molecule has 0 aromatic rings. The normalized spacial score (nSPS) is 34.8. The van der Waals surface area contributed by atoms with Gasteiger partial charge in [0.1, 0.15) is 0 Å². The number of rotatable bonds is 1. The molecule has 3 heteroatoms. The number of halogens is 3. The van der Waals surface area contributed by atoms with E-state index in [0.29, 0.717) is 6.42 Å². The average molecular weight is 213 g/mol. The summed E-state index contributed by atoms with van der Waals surface area (Å²) in [5.74, 6) is -0.395. The second-order valence-corrected chi connectivity index (χ2v) is 3.97. The summed E-state index contributed by atoms with van der Waals surface area (Å²) in [6, 6.07) is 0. The van der Waals surface area contributed by atoms with Crippen molar-refractivity contribution in [2.75, 3.05) is 0 Å². The smallest absolute Gasteiger partial charge is 0.210 e. The van der Waals surface area contributed by atoms with Crippen molar-refractivity contribution in [1.29, 1.82) is 0 Å². The van der Waals surface area contributed by atoms with E-state index in [1.165, 1.54) is 0 Å². The molecule has 0 aromatic carbocycles. The molecule has 1 aliphatic rings. The van der Waals surface area contributed by atoms with Crippen molar-refractivity contribution in [3.05, 3.63) is 0 Å². The lowest BCUT2D eigenvalue weighted by Crippen LogP contribution is -2.25. The van der Waals surface area contributed by atoms with Crippen molar-refractivity contribution in [1.82, 2.24) is 0 Å². The van der Waals surface area contributed by atoms with Gasteiger partial charge in [0.25, 0.3) is 0 Å². The third-order valence-electron chi connectivity index (χ3n) is 2.06. The molecule has 0 nitrogen and oxygen atoms in total. The second kappa shape index (κ2) is 3.65. The molecule has 0 amide bonds. The minimum absolute atomic E-state index is 0.0567. The maximum Gasteiger partial charge on any atom is 0.242 e. The van der Waals surface area contributed by atoms with E-state index in [9.17, 15) is 8.78 Å². The zero-order chi connectivity index (χ0) is 7.56. The van der Waals surface area contributed by atoms with Crippen molar-refractivity contribution in [2.24, 2.45) is 5.92 Å². The van der Waals surface area contributed by atoms with Crippen molar-refractivity contribution >= 4 is 15.9 Å². The Balaban J connectivity index is 2.40. The van der Waals surface area contributed by atoms with Crippen LogP contribution in [0.5, 0.6) is 0 Å². The standard InChI is InChI=1S/C7H11BrF2/c8-6-4-2-1-3-5(6)7(9)10/h5-7H,1-4H2/t5-,6-/m0/s1. The minimum atomic E-state index is -2.13. The minimum Gasteiger partial charge on any atom is -0.210 e. The molecule has 0 radical (unpaired) electrons. The van der Waals surface area contributed by atoms with E-state index < -0.39 is 12.3 Å². The summed E-state index contributed by atoms with van der Waals surface area (Å²) in [6.07, 6.45) is 1.53. The Kier molecular flexibility index (Phi) is 3.08. The van der Waals surface area contributed by atoms with E-state index in [-0.39, 0.29) is 4.83 Å². The molecule has 10 heavy (non-hydrogen) atoms. The van der Waals surface area contributed by atoms with Gasteiger partial charge < -0.3 is 0 Å². The van der Waals surface area contributed by atoms with Gasteiger partial charge in [-0.2, -0.15) is 0 Å². The van der Waals surface area contributed by atoms with Gasteiger partial charge in [-0.05, 0) is 12.8 Å². The fourth-order valence-corrected chi connectivity index (χ4v) is 2.22. The van der Waals surface area contributed by atoms with Crippen molar-refractivity contribution in [2.45, 2.75) is 36.9 Å². The van der Waals surface area contributed by atoms with Gasteiger partial charge in [0.05, 0.1) is 0 Å². The number of hydrogen-bond acceptors (Lipinski definition) is 0. The Hall–Kier alpha value is 0.340. The van der Waals surface area contributed by atoms with Crippen LogP contribution in [0.3, 0.4) is 0 Å². The van der Waals surface area contributed by atoms with Gasteiger partial charge in [-0.25, -0.2) is 8.78 Å². The highest BCUT2D eigenvalue weighted by Gasteiger charge is 2.29. The molecule has 0 unspecified atom stereocenters. The summed E-state index contributed by atoms with van der Waals surface area (Å²) >= 11 is 3.28.